The van der Waals surface area contributed by atoms with E-state index < -0.39 is 0 Å². The number of aryl methyl sites for hydroxylation is 1. The van der Waals surface area contributed by atoms with E-state index in [1.807, 2.05) is 43.3 Å². The van der Waals surface area contributed by atoms with E-state index in [0.717, 1.165) is 22.3 Å². The number of halogens is 1. The van der Waals surface area contributed by atoms with Crippen LogP contribution in [0.1, 0.15) is 11.1 Å². The fourth-order valence-electron chi connectivity index (χ4n) is 3.18. The highest BCUT2D eigenvalue weighted by atomic mass is 35.5. The van der Waals surface area contributed by atoms with Crippen LogP contribution in [0.4, 0.5) is 0 Å². The van der Waals surface area contributed by atoms with E-state index in [4.69, 9.17) is 21.1 Å². The normalized spacial score (nSPS) is 14.8. The number of aromatic nitrogens is 2. The van der Waals surface area contributed by atoms with Crippen LogP contribution in [0, 0.1) is 6.92 Å². The maximum Gasteiger partial charge on any atom is 0.258 e. The monoisotopic (exact) mass is 409 g/mol. The average Bonchev–Trinajstić information content (AvgIpc) is 3.16. The van der Waals surface area contributed by atoms with Crippen LogP contribution in [0.2, 0.25) is 5.02 Å². The lowest BCUT2D eigenvalue weighted by Crippen LogP contribution is -2.37. The van der Waals surface area contributed by atoms with Gasteiger partial charge in [0.25, 0.3) is 5.91 Å². The molecule has 3 aromatic rings. The second kappa shape index (κ2) is 8.49. The van der Waals surface area contributed by atoms with E-state index in [1.165, 1.54) is 6.33 Å². The summed E-state index contributed by atoms with van der Waals surface area (Å²) in [5.41, 5.74) is 3.98. The van der Waals surface area contributed by atoms with E-state index in [2.05, 4.69) is 15.3 Å². The minimum Gasteiger partial charge on any atom is -0.486 e. The van der Waals surface area contributed by atoms with Gasteiger partial charge in [0.2, 0.25) is 0 Å². The number of carbonyl (C=O) groups is 1. The summed E-state index contributed by atoms with van der Waals surface area (Å²) in [6, 6.07) is 11.4. The van der Waals surface area contributed by atoms with Crippen LogP contribution in [0.3, 0.4) is 0 Å². The van der Waals surface area contributed by atoms with Gasteiger partial charge in [-0.15, -0.1) is 0 Å². The molecule has 148 valence electrons. The minimum absolute atomic E-state index is 0.0400. The molecule has 1 aliphatic rings. The number of hydrogen-bond donors (Lipinski definition) is 1. The standard InChI is InChI=1S/C22H20ClN3O3/c1-14-2-4-18(5-3-14)28-12-21(27)26-11-19-7-16-6-15(8-20(23)22(16)29-19)17-9-24-13-25-10-17/h2-6,8-10,13,19H,7,11-12H2,1H3,(H,26,27)/t19-/m1/s1. The van der Waals surface area contributed by atoms with Crippen molar-refractivity contribution in [2.45, 2.75) is 19.4 Å². The van der Waals surface area contributed by atoms with Crippen molar-refractivity contribution in [3.05, 3.63) is 71.3 Å². The van der Waals surface area contributed by atoms with Crippen molar-refractivity contribution in [2.24, 2.45) is 0 Å². The van der Waals surface area contributed by atoms with Crippen LogP contribution < -0.4 is 14.8 Å². The van der Waals surface area contributed by atoms with Crippen molar-refractivity contribution in [3.63, 3.8) is 0 Å². The lowest BCUT2D eigenvalue weighted by atomic mass is 10.0. The zero-order valence-corrected chi connectivity index (χ0v) is 16.6. The second-order valence-electron chi connectivity index (χ2n) is 6.92. The molecule has 1 aromatic heterocycles. The van der Waals surface area contributed by atoms with Gasteiger partial charge in [0.05, 0.1) is 11.6 Å². The molecule has 0 bridgehead atoms. The summed E-state index contributed by atoms with van der Waals surface area (Å²) in [4.78, 5) is 20.2. The van der Waals surface area contributed by atoms with Gasteiger partial charge in [-0.05, 0) is 36.8 Å². The van der Waals surface area contributed by atoms with E-state index in [-0.39, 0.29) is 18.6 Å². The fourth-order valence-corrected chi connectivity index (χ4v) is 3.46. The molecule has 0 saturated carbocycles. The van der Waals surface area contributed by atoms with Crippen molar-refractivity contribution in [1.82, 2.24) is 15.3 Å². The van der Waals surface area contributed by atoms with Crippen LogP contribution >= 0.6 is 11.6 Å². The van der Waals surface area contributed by atoms with Crippen LogP contribution in [0.25, 0.3) is 11.1 Å². The van der Waals surface area contributed by atoms with Gasteiger partial charge in [-0.3, -0.25) is 4.79 Å². The van der Waals surface area contributed by atoms with E-state index in [9.17, 15) is 4.79 Å². The van der Waals surface area contributed by atoms with Gasteiger partial charge in [-0.1, -0.05) is 29.3 Å². The fraction of sp³-hybridized carbons (Fsp3) is 0.227. The number of ether oxygens (including phenoxy) is 2. The maximum atomic E-state index is 12.1. The van der Waals surface area contributed by atoms with Crippen molar-refractivity contribution in [1.29, 1.82) is 0 Å². The van der Waals surface area contributed by atoms with E-state index in [1.54, 1.807) is 12.4 Å². The summed E-state index contributed by atoms with van der Waals surface area (Å²) in [7, 11) is 0. The Morgan fingerprint density at radius 2 is 1.97 bits per heavy atom. The number of hydrogen-bond acceptors (Lipinski definition) is 5. The first kappa shape index (κ1) is 19.2. The second-order valence-corrected chi connectivity index (χ2v) is 7.33. The molecule has 0 fully saturated rings. The van der Waals surface area contributed by atoms with Gasteiger partial charge in [-0.25, -0.2) is 9.97 Å². The molecule has 1 atom stereocenters. The first-order chi connectivity index (χ1) is 14.1. The number of benzene rings is 2. The zero-order valence-electron chi connectivity index (χ0n) is 15.9. The van der Waals surface area contributed by atoms with Gasteiger partial charge in [0, 0.05) is 29.9 Å². The molecule has 4 rings (SSSR count). The van der Waals surface area contributed by atoms with Gasteiger partial charge in [0.1, 0.15) is 23.9 Å². The molecule has 1 aliphatic heterocycles. The number of nitrogens with zero attached hydrogens (tertiary/aromatic N) is 2. The van der Waals surface area contributed by atoms with Crippen LogP contribution in [-0.2, 0) is 11.2 Å². The van der Waals surface area contributed by atoms with Gasteiger partial charge < -0.3 is 14.8 Å². The largest absolute Gasteiger partial charge is 0.486 e. The Balaban J connectivity index is 1.32. The zero-order chi connectivity index (χ0) is 20.2. The number of fused-ring (bicyclic) bond motifs is 1. The molecule has 2 aromatic carbocycles. The highest BCUT2D eigenvalue weighted by Gasteiger charge is 2.26. The lowest BCUT2D eigenvalue weighted by Gasteiger charge is -2.13. The van der Waals surface area contributed by atoms with E-state index >= 15 is 0 Å². The SMILES string of the molecule is Cc1ccc(OCC(=O)NC[C@H]2Cc3cc(-c4cncnc4)cc(Cl)c3O2)cc1. The van der Waals surface area contributed by atoms with Gasteiger partial charge >= 0.3 is 0 Å². The lowest BCUT2D eigenvalue weighted by molar-refractivity contribution is -0.123. The first-order valence-corrected chi connectivity index (χ1v) is 9.67. The third-order valence-corrected chi connectivity index (χ3v) is 4.95. The number of amides is 1. The molecule has 6 nitrogen and oxygen atoms in total. The molecular formula is C22H20ClN3O3. The smallest absolute Gasteiger partial charge is 0.258 e. The Morgan fingerprint density at radius 1 is 1.21 bits per heavy atom. The average molecular weight is 410 g/mol. The maximum absolute atomic E-state index is 12.1. The van der Waals surface area contributed by atoms with Crippen molar-refractivity contribution < 1.29 is 14.3 Å². The molecule has 2 heterocycles. The molecule has 1 amide bonds. The van der Waals surface area contributed by atoms with Crippen molar-refractivity contribution >= 4 is 17.5 Å². The Hall–Kier alpha value is -3.12. The molecular weight excluding hydrogens is 390 g/mol. The van der Waals surface area contributed by atoms with Crippen LogP contribution in [0.15, 0.2) is 55.1 Å². The van der Waals surface area contributed by atoms with Crippen LogP contribution in [-0.4, -0.2) is 35.1 Å². The Labute approximate surface area is 173 Å². The summed E-state index contributed by atoms with van der Waals surface area (Å²) in [6.45, 7) is 2.34. The molecule has 1 N–H and O–H groups in total. The molecule has 0 radical (unpaired) electrons. The third-order valence-electron chi connectivity index (χ3n) is 4.66. The van der Waals surface area contributed by atoms with Crippen molar-refractivity contribution in [3.8, 4) is 22.6 Å². The Kier molecular flexibility index (Phi) is 5.62. The number of nitrogens with one attached hydrogen (secondary N) is 1. The molecule has 0 spiro atoms. The minimum atomic E-state index is -0.196. The van der Waals surface area contributed by atoms with Crippen molar-refractivity contribution in [2.75, 3.05) is 13.2 Å². The highest BCUT2D eigenvalue weighted by molar-refractivity contribution is 6.32. The number of carbonyl (C=O) groups excluding carboxylic acids is 1. The first-order valence-electron chi connectivity index (χ1n) is 9.29. The summed E-state index contributed by atoms with van der Waals surface area (Å²) in [5.74, 6) is 1.14. The van der Waals surface area contributed by atoms with E-state index in [0.29, 0.717) is 29.5 Å². The van der Waals surface area contributed by atoms with Gasteiger partial charge in [-0.2, -0.15) is 0 Å². The third kappa shape index (κ3) is 4.66. The molecule has 7 heteroatoms. The Morgan fingerprint density at radius 3 is 2.72 bits per heavy atom. The van der Waals surface area contributed by atoms with Crippen LogP contribution in [0.5, 0.6) is 11.5 Å². The summed E-state index contributed by atoms with van der Waals surface area (Å²) < 4.78 is 11.4. The molecule has 0 saturated heterocycles. The molecule has 0 unspecified atom stereocenters. The predicted octanol–water partition coefficient (Wildman–Crippen LogP) is 3.60. The quantitative estimate of drug-likeness (QED) is 0.673. The topological polar surface area (TPSA) is 73.3 Å². The summed E-state index contributed by atoms with van der Waals surface area (Å²) >= 11 is 6.41. The van der Waals surface area contributed by atoms with Gasteiger partial charge in [0.15, 0.2) is 6.61 Å². The Bertz CT molecular complexity index is 1010. The summed E-state index contributed by atoms with van der Waals surface area (Å²) in [6.07, 6.45) is 5.46. The highest BCUT2D eigenvalue weighted by Crippen LogP contribution is 2.39. The summed E-state index contributed by atoms with van der Waals surface area (Å²) in [5, 5.41) is 3.39. The molecule has 0 aliphatic carbocycles. The number of rotatable bonds is 6. The molecule has 29 heavy (non-hydrogen) atoms. The predicted molar refractivity (Wildman–Crippen MR) is 110 cm³/mol.